The number of carbonyl (C=O) groups is 2. The topological polar surface area (TPSA) is 73.7 Å². The smallest absolute Gasteiger partial charge is 0.306 e. The van der Waals surface area contributed by atoms with Crippen molar-refractivity contribution in [2.24, 2.45) is 5.92 Å². The van der Waals surface area contributed by atoms with Gasteiger partial charge in [-0.3, -0.25) is 14.6 Å². The van der Waals surface area contributed by atoms with E-state index >= 15 is 0 Å². The fourth-order valence-electron chi connectivity index (χ4n) is 2.84. The molecule has 126 valence electrons. The highest BCUT2D eigenvalue weighted by Crippen LogP contribution is 2.18. The number of carbonyl (C=O) groups excluding carboxylic acids is 1. The number of hydrogen-bond donors (Lipinski definition) is 1. The number of hydrogen-bond acceptors (Lipinski definition) is 4. The Morgan fingerprint density at radius 3 is 2.70 bits per heavy atom. The Hall–Kier alpha value is -1.95. The second kappa shape index (κ2) is 8.06. The maximum absolute atomic E-state index is 12.2. The summed E-state index contributed by atoms with van der Waals surface area (Å²) in [5.74, 6) is -0.935. The Morgan fingerprint density at radius 2 is 2.09 bits per heavy atom. The molecule has 2 heterocycles. The lowest BCUT2D eigenvalue weighted by atomic mass is 9.97. The van der Waals surface area contributed by atoms with Crippen molar-refractivity contribution in [3.05, 3.63) is 29.6 Å². The molecule has 0 spiro atoms. The standard InChI is InChI=1S/C17H25N3O3/c1-13-4-3-8-18-15(13)12-19(2)9-7-16(21)20-10-5-14(6-11-20)17(22)23/h3-4,8,14H,5-7,9-12H2,1-2H3,(H,22,23). The number of pyridine rings is 1. The van der Waals surface area contributed by atoms with Gasteiger partial charge < -0.3 is 14.9 Å². The summed E-state index contributed by atoms with van der Waals surface area (Å²) in [6.07, 6.45) is 3.36. The quantitative estimate of drug-likeness (QED) is 0.861. The molecule has 1 aliphatic heterocycles. The minimum absolute atomic E-state index is 0.110. The fourth-order valence-corrected chi connectivity index (χ4v) is 2.84. The monoisotopic (exact) mass is 319 g/mol. The zero-order valence-corrected chi connectivity index (χ0v) is 13.9. The second-order valence-electron chi connectivity index (χ2n) is 6.25. The van der Waals surface area contributed by atoms with E-state index in [0.717, 1.165) is 17.8 Å². The van der Waals surface area contributed by atoms with Gasteiger partial charge in [-0.05, 0) is 38.4 Å². The molecular formula is C17H25N3O3. The van der Waals surface area contributed by atoms with Gasteiger partial charge in [-0.15, -0.1) is 0 Å². The van der Waals surface area contributed by atoms with Crippen LogP contribution in [0, 0.1) is 12.8 Å². The summed E-state index contributed by atoms with van der Waals surface area (Å²) in [6, 6.07) is 3.96. The highest BCUT2D eigenvalue weighted by Gasteiger charge is 2.26. The van der Waals surface area contributed by atoms with Crippen LogP contribution < -0.4 is 0 Å². The van der Waals surface area contributed by atoms with E-state index in [2.05, 4.69) is 9.88 Å². The van der Waals surface area contributed by atoms with Gasteiger partial charge in [0.05, 0.1) is 11.6 Å². The van der Waals surface area contributed by atoms with Crippen molar-refractivity contribution >= 4 is 11.9 Å². The molecule has 0 unspecified atom stereocenters. The molecule has 1 fully saturated rings. The van der Waals surface area contributed by atoms with Crippen molar-refractivity contribution in [2.75, 3.05) is 26.7 Å². The molecule has 23 heavy (non-hydrogen) atoms. The first-order valence-electron chi connectivity index (χ1n) is 8.07. The zero-order chi connectivity index (χ0) is 16.8. The van der Waals surface area contributed by atoms with Crippen LogP contribution in [0.15, 0.2) is 18.3 Å². The summed E-state index contributed by atoms with van der Waals surface area (Å²) in [7, 11) is 1.98. The van der Waals surface area contributed by atoms with Crippen LogP contribution in [0.2, 0.25) is 0 Å². The molecular weight excluding hydrogens is 294 g/mol. The minimum atomic E-state index is -0.748. The molecule has 0 atom stereocenters. The maximum atomic E-state index is 12.2. The number of aryl methyl sites for hydroxylation is 1. The lowest BCUT2D eigenvalue weighted by molar-refractivity contribution is -0.145. The lowest BCUT2D eigenvalue weighted by Crippen LogP contribution is -2.41. The largest absolute Gasteiger partial charge is 0.481 e. The van der Waals surface area contributed by atoms with E-state index in [1.165, 1.54) is 0 Å². The summed E-state index contributed by atoms with van der Waals surface area (Å²) in [4.78, 5) is 31.4. The third-order valence-electron chi connectivity index (χ3n) is 4.44. The van der Waals surface area contributed by atoms with Crippen LogP contribution in [0.5, 0.6) is 0 Å². The Kier molecular flexibility index (Phi) is 6.10. The molecule has 2 rings (SSSR count). The first kappa shape index (κ1) is 17.4. The van der Waals surface area contributed by atoms with Gasteiger partial charge in [0.25, 0.3) is 0 Å². The number of rotatable bonds is 6. The minimum Gasteiger partial charge on any atom is -0.481 e. The van der Waals surface area contributed by atoms with Crippen molar-refractivity contribution in [1.82, 2.24) is 14.8 Å². The summed E-state index contributed by atoms with van der Waals surface area (Å²) in [5, 5.41) is 8.99. The second-order valence-corrected chi connectivity index (χ2v) is 6.25. The normalized spacial score (nSPS) is 15.9. The van der Waals surface area contributed by atoms with Crippen molar-refractivity contribution < 1.29 is 14.7 Å². The van der Waals surface area contributed by atoms with Crippen molar-refractivity contribution in [3.8, 4) is 0 Å². The van der Waals surface area contributed by atoms with Crippen molar-refractivity contribution in [1.29, 1.82) is 0 Å². The van der Waals surface area contributed by atoms with Crippen LogP contribution in [-0.4, -0.2) is 58.4 Å². The average Bonchev–Trinajstić information content (AvgIpc) is 2.55. The Balaban J connectivity index is 1.74. The molecule has 1 amide bonds. The van der Waals surface area contributed by atoms with E-state index in [0.29, 0.717) is 38.9 Å². The molecule has 0 bridgehead atoms. The van der Waals surface area contributed by atoms with E-state index in [1.807, 2.05) is 26.1 Å². The zero-order valence-electron chi connectivity index (χ0n) is 13.9. The first-order chi connectivity index (χ1) is 11.0. The predicted molar refractivity (Wildman–Crippen MR) is 86.9 cm³/mol. The molecule has 1 N–H and O–H groups in total. The first-order valence-corrected chi connectivity index (χ1v) is 8.07. The number of piperidine rings is 1. The molecule has 0 saturated carbocycles. The number of carboxylic acids is 1. The fraction of sp³-hybridized carbons (Fsp3) is 0.588. The number of nitrogens with zero attached hydrogens (tertiary/aromatic N) is 3. The average molecular weight is 319 g/mol. The molecule has 0 radical (unpaired) electrons. The Labute approximate surface area is 137 Å². The Morgan fingerprint density at radius 1 is 1.39 bits per heavy atom. The van der Waals surface area contributed by atoms with Gasteiger partial charge in [-0.1, -0.05) is 6.07 Å². The molecule has 6 nitrogen and oxygen atoms in total. The van der Waals surface area contributed by atoms with Gasteiger partial charge in [-0.2, -0.15) is 0 Å². The highest BCUT2D eigenvalue weighted by atomic mass is 16.4. The van der Waals surface area contributed by atoms with Crippen LogP contribution in [0.25, 0.3) is 0 Å². The number of aliphatic carboxylic acids is 1. The van der Waals surface area contributed by atoms with E-state index in [-0.39, 0.29) is 11.8 Å². The molecule has 1 saturated heterocycles. The number of carboxylic acid groups (broad SMARTS) is 1. The van der Waals surface area contributed by atoms with Crippen LogP contribution >= 0.6 is 0 Å². The van der Waals surface area contributed by atoms with E-state index in [4.69, 9.17) is 5.11 Å². The molecule has 6 heteroatoms. The summed E-state index contributed by atoms with van der Waals surface area (Å²) in [5.41, 5.74) is 2.19. The van der Waals surface area contributed by atoms with Gasteiger partial charge in [-0.25, -0.2) is 0 Å². The SMILES string of the molecule is Cc1cccnc1CN(C)CCC(=O)N1CCC(C(=O)O)CC1. The van der Waals surface area contributed by atoms with Crippen LogP contribution in [0.3, 0.4) is 0 Å². The maximum Gasteiger partial charge on any atom is 0.306 e. The van der Waals surface area contributed by atoms with Gasteiger partial charge in [0.1, 0.15) is 0 Å². The van der Waals surface area contributed by atoms with Crippen molar-refractivity contribution in [2.45, 2.75) is 32.7 Å². The van der Waals surface area contributed by atoms with Crippen molar-refractivity contribution in [3.63, 3.8) is 0 Å². The number of amides is 1. The van der Waals surface area contributed by atoms with Crippen LogP contribution in [0.1, 0.15) is 30.5 Å². The van der Waals surface area contributed by atoms with Gasteiger partial charge in [0.2, 0.25) is 5.91 Å². The van der Waals surface area contributed by atoms with E-state index < -0.39 is 5.97 Å². The van der Waals surface area contributed by atoms with E-state index in [1.54, 1.807) is 11.1 Å². The third kappa shape index (κ3) is 5.03. The highest BCUT2D eigenvalue weighted by molar-refractivity contribution is 5.77. The molecule has 1 aliphatic rings. The molecule has 1 aromatic rings. The predicted octanol–water partition coefficient (Wildman–Crippen LogP) is 1.54. The summed E-state index contributed by atoms with van der Waals surface area (Å²) < 4.78 is 0. The third-order valence-corrected chi connectivity index (χ3v) is 4.44. The molecule has 0 aliphatic carbocycles. The van der Waals surface area contributed by atoms with Gasteiger partial charge in [0, 0.05) is 38.8 Å². The Bertz CT molecular complexity index is 554. The lowest BCUT2D eigenvalue weighted by Gasteiger charge is -2.30. The van der Waals surface area contributed by atoms with Crippen LogP contribution in [0.4, 0.5) is 0 Å². The summed E-state index contributed by atoms with van der Waals surface area (Å²) in [6.45, 7) is 4.54. The molecule has 1 aromatic heterocycles. The van der Waals surface area contributed by atoms with Gasteiger partial charge >= 0.3 is 5.97 Å². The van der Waals surface area contributed by atoms with Gasteiger partial charge in [0.15, 0.2) is 0 Å². The molecule has 0 aromatic carbocycles. The van der Waals surface area contributed by atoms with Crippen LogP contribution in [-0.2, 0) is 16.1 Å². The number of aromatic nitrogens is 1. The number of likely N-dealkylation sites (tertiary alicyclic amines) is 1. The van der Waals surface area contributed by atoms with E-state index in [9.17, 15) is 9.59 Å². The summed E-state index contributed by atoms with van der Waals surface area (Å²) >= 11 is 0.